The van der Waals surface area contributed by atoms with Crippen LogP contribution in [0.25, 0.3) is 11.0 Å². The number of nitrogens with zero attached hydrogens (tertiary/aromatic N) is 4. The number of amidine groups is 2. The first-order valence-corrected chi connectivity index (χ1v) is 15.2. The number of aliphatic carboxylic acids is 1. The molecule has 1 atom stereocenters. The van der Waals surface area contributed by atoms with Crippen molar-refractivity contribution < 1.29 is 29.4 Å². The van der Waals surface area contributed by atoms with Gasteiger partial charge in [-0.15, -0.1) is 0 Å². The number of hydrogen-bond donors (Lipinski definition) is 5. The molecule has 1 aliphatic carbocycles. The van der Waals surface area contributed by atoms with Crippen molar-refractivity contribution in [3.8, 4) is 11.5 Å². The van der Waals surface area contributed by atoms with Gasteiger partial charge >= 0.3 is 5.97 Å². The number of imidazole rings is 1. The minimum absolute atomic E-state index is 0.00801. The molecule has 0 spiro atoms. The van der Waals surface area contributed by atoms with Crippen LogP contribution in [0.5, 0.6) is 11.5 Å². The van der Waals surface area contributed by atoms with Crippen LogP contribution in [0, 0.1) is 17.2 Å². The van der Waals surface area contributed by atoms with Crippen LogP contribution in [0.3, 0.4) is 0 Å². The Bertz CT molecular complexity index is 1590. The molecule has 7 N–H and O–H groups in total. The number of ketones is 1. The van der Waals surface area contributed by atoms with Crippen molar-refractivity contribution in [2.45, 2.75) is 70.7 Å². The van der Waals surface area contributed by atoms with Gasteiger partial charge in [-0.3, -0.25) is 19.6 Å². The molecule has 0 radical (unpaired) electrons. The molecule has 1 aliphatic heterocycles. The first kappa shape index (κ1) is 31.8. The predicted octanol–water partition coefficient (Wildman–Crippen LogP) is 3.64. The number of ether oxygens (including phenoxy) is 2. The highest BCUT2D eigenvalue weighted by molar-refractivity contribution is 6.00. The second-order valence-corrected chi connectivity index (χ2v) is 12.0. The van der Waals surface area contributed by atoms with Crippen LogP contribution in [0.15, 0.2) is 47.6 Å². The number of hydrogen-bond acceptors (Lipinski definition) is 9. The zero-order chi connectivity index (χ0) is 32.3. The number of carbonyl (C=O) groups excluding carboxylic acids is 1. The molecule has 45 heavy (non-hydrogen) atoms. The monoisotopic (exact) mass is 619 g/mol. The van der Waals surface area contributed by atoms with Gasteiger partial charge in [0.25, 0.3) is 0 Å². The number of aromatic nitrogens is 2. The van der Waals surface area contributed by atoms with Gasteiger partial charge in [-0.1, -0.05) is 5.16 Å². The van der Waals surface area contributed by atoms with Crippen molar-refractivity contribution in [3.63, 3.8) is 0 Å². The Morgan fingerprint density at radius 2 is 1.69 bits per heavy atom. The zero-order valence-corrected chi connectivity index (χ0v) is 25.6. The van der Waals surface area contributed by atoms with Crippen molar-refractivity contribution >= 4 is 34.5 Å². The number of fused-ring (bicyclic) bond motifs is 1. The standard InChI is InChI=1S/C32H41N7O6/c1-19(40)32(35,23-6-3-21(4-7-23)31(41)42)39-28-12-5-22(30(34)37-43)17-27(28)36-29(39)18-44-24-8-10-25(11-9-24)45-26-13-15-38(16-14-26)20(2)33/h5,8-12,17,21,23,26,33,43H,3-4,6-7,13-16,18,35H2,1-2H3,(H2,34,37)(H,41,42). The summed E-state index contributed by atoms with van der Waals surface area (Å²) >= 11 is 0. The van der Waals surface area contributed by atoms with E-state index in [4.69, 9.17) is 31.3 Å². The largest absolute Gasteiger partial charge is 0.490 e. The number of carboxylic acids is 1. The normalized spacial score (nSPS) is 20.9. The highest BCUT2D eigenvalue weighted by Gasteiger charge is 2.46. The number of nitrogens with one attached hydrogen (secondary N) is 1. The van der Waals surface area contributed by atoms with E-state index in [0.29, 0.717) is 59.7 Å². The summed E-state index contributed by atoms with van der Waals surface area (Å²) in [5.41, 5.74) is 12.9. The number of oxime groups is 1. The predicted molar refractivity (Wildman–Crippen MR) is 168 cm³/mol. The molecular formula is C32H41N7O6. The van der Waals surface area contributed by atoms with E-state index in [-0.39, 0.29) is 30.2 Å². The summed E-state index contributed by atoms with van der Waals surface area (Å²) in [6.07, 6.45) is 3.56. The maximum Gasteiger partial charge on any atom is 0.306 e. The Balaban J connectivity index is 1.40. The van der Waals surface area contributed by atoms with E-state index in [9.17, 15) is 19.9 Å². The Hall–Kier alpha value is -4.65. The van der Waals surface area contributed by atoms with Gasteiger partial charge in [0.1, 0.15) is 30.0 Å². The van der Waals surface area contributed by atoms with E-state index in [0.717, 1.165) is 31.7 Å². The summed E-state index contributed by atoms with van der Waals surface area (Å²) < 4.78 is 14.0. The second kappa shape index (κ2) is 13.1. The van der Waals surface area contributed by atoms with Gasteiger partial charge in [-0.05, 0) is 82.0 Å². The zero-order valence-electron chi connectivity index (χ0n) is 25.6. The first-order chi connectivity index (χ1) is 21.5. The topological polar surface area (TPSA) is 202 Å². The number of piperidine rings is 1. The van der Waals surface area contributed by atoms with Gasteiger partial charge in [0.2, 0.25) is 0 Å². The van der Waals surface area contributed by atoms with Crippen molar-refractivity contribution in [2.75, 3.05) is 13.1 Å². The number of nitrogens with two attached hydrogens (primary N) is 2. The van der Waals surface area contributed by atoms with E-state index in [1.54, 1.807) is 29.7 Å². The maximum absolute atomic E-state index is 13.4. The third kappa shape index (κ3) is 6.58. The minimum Gasteiger partial charge on any atom is -0.490 e. The van der Waals surface area contributed by atoms with Crippen LogP contribution in [0.2, 0.25) is 0 Å². The lowest BCUT2D eigenvalue weighted by atomic mass is 9.74. The highest BCUT2D eigenvalue weighted by Crippen LogP contribution is 2.40. The van der Waals surface area contributed by atoms with Crippen LogP contribution >= 0.6 is 0 Å². The van der Waals surface area contributed by atoms with Gasteiger partial charge < -0.3 is 36.2 Å². The maximum atomic E-state index is 13.4. The highest BCUT2D eigenvalue weighted by atomic mass is 16.5. The van der Waals surface area contributed by atoms with E-state index in [2.05, 4.69) is 5.16 Å². The molecular weight excluding hydrogens is 578 g/mol. The van der Waals surface area contributed by atoms with Gasteiger partial charge in [0, 0.05) is 37.4 Å². The minimum atomic E-state index is -1.50. The summed E-state index contributed by atoms with van der Waals surface area (Å²) in [6, 6.07) is 12.4. The summed E-state index contributed by atoms with van der Waals surface area (Å²) in [4.78, 5) is 31.8. The summed E-state index contributed by atoms with van der Waals surface area (Å²) in [5, 5.41) is 29.6. The fourth-order valence-corrected chi connectivity index (χ4v) is 6.53. The molecule has 0 bridgehead atoms. The third-order valence-electron chi connectivity index (χ3n) is 9.17. The number of carbonyl (C=O) groups is 2. The Labute approximate surface area is 261 Å². The average Bonchev–Trinajstić information content (AvgIpc) is 3.42. The quantitative estimate of drug-likeness (QED) is 0.0965. The molecule has 240 valence electrons. The lowest BCUT2D eigenvalue weighted by molar-refractivity contribution is -0.143. The van der Waals surface area contributed by atoms with E-state index < -0.39 is 17.6 Å². The molecule has 1 saturated heterocycles. The third-order valence-corrected chi connectivity index (χ3v) is 9.17. The van der Waals surface area contributed by atoms with Gasteiger partial charge in [-0.25, -0.2) is 4.98 Å². The van der Waals surface area contributed by atoms with Crippen molar-refractivity contribution in [1.82, 2.24) is 14.5 Å². The molecule has 2 aliphatic rings. The van der Waals surface area contributed by atoms with E-state index in [1.165, 1.54) is 6.92 Å². The van der Waals surface area contributed by atoms with Crippen LogP contribution in [0.4, 0.5) is 0 Å². The Morgan fingerprint density at radius 3 is 2.27 bits per heavy atom. The van der Waals surface area contributed by atoms with Crippen LogP contribution in [-0.2, 0) is 21.9 Å². The summed E-state index contributed by atoms with van der Waals surface area (Å²) in [5.74, 6) is 0.303. The fraction of sp³-hybridized carbons (Fsp3) is 0.469. The molecule has 13 nitrogen and oxygen atoms in total. The van der Waals surface area contributed by atoms with Gasteiger partial charge in [0.15, 0.2) is 17.3 Å². The molecule has 2 aromatic carbocycles. The fourth-order valence-electron chi connectivity index (χ4n) is 6.53. The van der Waals surface area contributed by atoms with Gasteiger partial charge in [-0.2, -0.15) is 0 Å². The van der Waals surface area contributed by atoms with Crippen molar-refractivity contribution in [2.24, 2.45) is 28.5 Å². The van der Waals surface area contributed by atoms with Crippen LogP contribution < -0.4 is 20.9 Å². The molecule has 0 amide bonds. The van der Waals surface area contributed by atoms with E-state index >= 15 is 0 Å². The molecule has 5 rings (SSSR count). The Morgan fingerprint density at radius 1 is 1.04 bits per heavy atom. The second-order valence-electron chi connectivity index (χ2n) is 12.0. The van der Waals surface area contributed by atoms with E-state index in [1.807, 2.05) is 29.2 Å². The molecule has 13 heteroatoms. The molecule has 1 saturated carbocycles. The number of rotatable bonds is 10. The van der Waals surface area contributed by atoms with Crippen molar-refractivity contribution in [3.05, 3.63) is 53.9 Å². The van der Waals surface area contributed by atoms with Crippen molar-refractivity contribution in [1.29, 1.82) is 5.41 Å². The molecule has 3 aromatic rings. The number of carboxylic acid groups (broad SMARTS) is 1. The lowest BCUT2D eigenvalue weighted by Gasteiger charge is -2.41. The Kier molecular flexibility index (Phi) is 9.28. The summed E-state index contributed by atoms with van der Waals surface area (Å²) in [6.45, 7) is 4.83. The number of likely N-dealkylation sites (tertiary alicyclic amines) is 1. The summed E-state index contributed by atoms with van der Waals surface area (Å²) in [7, 11) is 0. The number of benzene rings is 2. The number of Topliss-reactive ketones (excluding diaryl/α,β-unsaturated/α-hetero) is 1. The smallest absolute Gasteiger partial charge is 0.306 e. The first-order valence-electron chi connectivity index (χ1n) is 15.2. The lowest BCUT2D eigenvalue weighted by Crippen LogP contribution is -2.56. The van der Waals surface area contributed by atoms with Crippen LogP contribution in [0.1, 0.15) is 63.8 Å². The average molecular weight is 620 g/mol. The van der Waals surface area contributed by atoms with Crippen LogP contribution in [-0.4, -0.2) is 67.4 Å². The molecule has 2 heterocycles. The van der Waals surface area contributed by atoms with Gasteiger partial charge in [0.05, 0.1) is 22.8 Å². The SMILES string of the molecule is CC(=N)N1CCC(Oc2ccc(OCc3nc4cc(/C(N)=N\O)ccc4n3C(N)(C(C)=O)C3CCC(C(=O)O)CC3)cc2)CC1. The molecule has 1 unspecified atom stereocenters. The molecule has 1 aromatic heterocycles. The molecule has 2 fully saturated rings.